The van der Waals surface area contributed by atoms with Crippen LogP contribution in [0.25, 0.3) is 0 Å². The summed E-state index contributed by atoms with van der Waals surface area (Å²) in [6, 6.07) is 7.96. The van der Waals surface area contributed by atoms with E-state index in [4.69, 9.17) is 4.74 Å². The number of ether oxygens (including phenoxy) is 1. The fourth-order valence-corrected chi connectivity index (χ4v) is 2.11. The minimum atomic E-state index is -0.158. The highest BCUT2D eigenvalue weighted by Crippen LogP contribution is 2.21. The van der Waals surface area contributed by atoms with Crippen LogP contribution in [0, 0.1) is 13.8 Å². The number of amides is 1. The molecule has 0 spiro atoms. The van der Waals surface area contributed by atoms with Crippen molar-refractivity contribution in [3.05, 3.63) is 53.3 Å². The first kappa shape index (κ1) is 16.0. The van der Waals surface area contributed by atoms with Crippen molar-refractivity contribution in [2.45, 2.75) is 13.8 Å². The maximum absolute atomic E-state index is 12.0. The predicted molar refractivity (Wildman–Crippen MR) is 87.6 cm³/mol. The van der Waals surface area contributed by atoms with Gasteiger partial charge in [0.25, 0.3) is 5.91 Å². The maximum Gasteiger partial charge on any atom is 0.253 e. The number of nitrogens with one attached hydrogen (secondary N) is 2. The van der Waals surface area contributed by atoms with E-state index >= 15 is 0 Å². The number of pyridine rings is 1. The fourth-order valence-electron chi connectivity index (χ4n) is 2.11. The van der Waals surface area contributed by atoms with Crippen molar-refractivity contribution >= 4 is 17.3 Å². The topological polar surface area (TPSA) is 63.2 Å². The Kier molecular flexibility index (Phi) is 5.49. The molecule has 1 aromatic heterocycles. The number of carbonyl (C=O) groups is 1. The third kappa shape index (κ3) is 4.30. The van der Waals surface area contributed by atoms with Crippen LogP contribution < -0.4 is 10.6 Å². The SMILES string of the molecule is COCCNC(=O)c1cncc(Nc2ccc(C)cc2C)c1. The zero-order valence-electron chi connectivity index (χ0n) is 13.1. The monoisotopic (exact) mass is 299 g/mol. The lowest BCUT2D eigenvalue weighted by Crippen LogP contribution is -2.27. The van der Waals surface area contributed by atoms with Crippen LogP contribution in [-0.4, -0.2) is 31.2 Å². The van der Waals surface area contributed by atoms with Gasteiger partial charge in [0.1, 0.15) is 0 Å². The number of aryl methyl sites for hydroxylation is 2. The molecule has 2 rings (SSSR count). The van der Waals surface area contributed by atoms with Crippen LogP contribution in [-0.2, 0) is 4.74 Å². The summed E-state index contributed by atoms with van der Waals surface area (Å²) in [4.78, 5) is 16.1. The molecule has 1 aromatic carbocycles. The summed E-state index contributed by atoms with van der Waals surface area (Å²) in [5.41, 5.74) is 4.67. The summed E-state index contributed by atoms with van der Waals surface area (Å²) in [6.45, 7) is 5.07. The smallest absolute Gasteiger partial charge is 0.253 e. The molecule has 0 radical (unpaired) electrons. The summed E-state index contributed by atoms with van der Waals surface area (Å²) in [7, 11) is 1.60. The Morgan fingerprint density at radius 3 is 2.77 bits per heavy atom. The molecule has 2 aromatic rings. The fraction of sp³-hybridized carbons (Fsp3) is 0.294. The van der Waals surface area contributed by atoms with Gasteiger partial charge in [-0.1, -0.05) is 17.7 Å². The molecule has 1 amide bonds. The van der Waals surface area contributed by atoms with E-state index in [2.05, 4.69) is 28.6 Å². The number of benzene rings is 1. The Labute approximate surface area is 130 Å². The predicted octanol–water partition coefficient (Wildman–Crippen LogP) is 2.82. The Morgan fingerprint density at radius 2 is 2.05 bits per heavy atom. The van der Waals surface area contributed by atoms with Crippen LogP contribution in [0.1, 0.15) is 21.5 Å². The first-order chi connectivity index (χ1) is 10.6. The molecule has 5 heteroatoms. The van der Waals surface area contributed by atoms with E-state index in [1.54, 1.807) is 25.6 Å². The summed E-state index contributed by atoms with van der Waals surface area (Å²) < 4.78 is 4.91. The minimum Gasteiger partial charge on any atom is -0.383 e. The molecule has 0 aliphatic heterocycles. The van der Waals surface area contributed by atoms with Crippen molar-refractivity contribution in [3.8, 4) is 0 Å². The Morgan fingerprint density at radius 1 is 1.23 bits per heavy atom. The standard InChI is InChI=1S/C17H21N3O2/c1-12-4-5-16(13(2)8-12)20-15-9-14(10-18-11-15)17(21)19-6-7-22-3/h4-5,8-11,20H,6-7H2,1-3H3,(H,19,21). The molecule has 22 heavy (non-hydrogen) atoms. The van der Waals surface area contributed by atoms with Gasteiger partial charge in [0.15, 0.2) is 0 Å². The van der Waals surface area contributed by atoms with Crippen molar-refractivity contribution < 1.29 is 9.53 Å². The van der Waals surface area contributed by atoms with Gasteiger partial charge in [-0.25, -0.2) is 0 Å². The van der Waals surface area contributed by atoms with E-state index in [1.807, 2.05) is 19.1 Å². The van der Waals surface area contributed by atoms with Crippen molar-refractivity contribution in [2.24, 2.45) is 0 Å². The van der Waals surface area contributed by atoms with Gasteiger partial charge in [-0.05, 0) is 31.5 Å². The van der Waals surface area contributed by atoms with Crippen molar-refractivity contribution in [1.82, 2.24) is 10.3 Å². The number of hydrogen-bond donors (Lipinski definition) is 2. The van der Waals surface area contributed by atoms with E-state index in [0.29, 0.717) is 18.7 Å². The first-order valence-electron chi connectivity index (χ1n) is 7.16. The molecular weight excluding hydrogens is 278 g/mol. The van der Waals surface area contributed by atoms with Crippen LogP contribution in [0.3, 0.4) is 0 Å². The van der Waals surface area contributed by atoms with Crippen molar-refractivity contribution in [3.63, 3.8) is 0 Å². The zero-order valence-corrected chi connectivity index (χ0v) is 13.1. The second kappa shape index (κ2) is 7.56. The van der Waals surface area contributed by atoms with Gasteiger partial charge in [-0.2, -0.15) is 0 Å². The second-order valence-corrected chi connectivity index (χ2v) is 5.15. The highest BCUT2D eigenvalue weighted by Gasteiger charge is 2.07. The molecule has 2 N–H and O–H groups in total. The summed E-state index contributed by atoms with van der Waals surface area (Å²) in [5.74, 6) is -0.158. The lowest BCUT2D eigenvalue weighted by molar-refractivity contribution is 0.0937. The number of methoxy groups -OCH3 is 1. The molecule has 0 saturated carbocycles. The molecule has 0 unspecified atom stereocenters. The van der Waals surface area contributed by atoms with Gasteiger partial charge < -0.3 is 15.4 Å². The third-order valence-electron chi connectivity index (χ3n) is 3.25. The lowest BCUT2D eigenvalue weighted by Gasteiger charge is -2.11. The van der Waals surface area contributed by atoms with Gasteiger partial charge >= 0.3 is 0 Å². The molecular formula is C17H21N3O2. The van der Waals surface area contributed by atoms with Crippen LogP contribution in [0.2, 0.25) is 0 Å². The second-order valence-electron chi connectivity index (χ2n) is 5.15. The van der Waals surface area contributed by atoms with E-state index in [1.165, 1.54) is 5.56 Å². The average Bonchev–Trinajstić information content (AvgIpc) is 2.50. The van der Waals surface area contributed by atoms with Gasteiger partial charge in [0.2, 0.25) is 0 Å². The van der Waals surface area contributed by atoms with Crippen molar-refractivity contribution in [1.29, 1.82) is 0 Å². The number of rotatable bonds is 6. The van der Waals surface area contributed by atoms with Crippen molar-refractivity contribution in [2.75, 3.05) is 25.6 Å². The Hall–Kier alpha value is -2.40. The molecule has 0 atom stereocenters. The molecule has 1 heterocycles. The number of hydrogen-bond acceptors (Lipinski definition) is 4. The number of carbonyl (C=O) groups excluding carboxylic acids is 1. The Balaban J connectivity index is 2.09. The maximum atomic E-state index is 12.0. The molecule has 0 saturated heterocycles. The number of anilines is 2. The normalized spacial score (nSPS) is 10.3. The van der Waals surface area contributed by atoms with Gasteiger partial charge in [0.05, 0.1) is 24.1 Å². The van der Waals surface area contributed by atoms with E-state index in [-0.39, 0.29) is 5.91 Å². The molecule has 5 nitrogen and oxygen atoms in total. The number of aromatic nitrogens is 1. The molecule has 0 fully saturated rings. The summed E-state index contributed by atoms with van der Waals surface area (Å²) >= 11 is 0. The van der Waals surface area contributed by atoms with Crippen LogP contribution in [0.15, 0.2) is 36.7 Å². The summed E-state index contributed by atoms with van der Waals surface area (Å²) in [5, 5.41) is 6.07. The van der Waals surface area contributed by atoms with Crippen LogP contribution in [0.4, 0.5) is 11.4 Å². The highest BCUT2D eigenvalue weighted by molar-refractivity contribution is 5.94. The zero-order chi connectivity index (χ0) is 15.9. The quantitative estimate of drug-likeness (QED) is 0.805. The van der Waals surface area contributed by atoms with Crippen LogP contribution >= 0.6 is 0 Å². The molecule has 0 aliphatic carbocycles. The number of nitrogens with zero attached hydrogens (tertiary/aromatic N) is 1. The largest absolute Gasteiger partial charge is 0.383 e. The lowest BCUT2D eigenvalue weighted by atomic mass is 10.1. The molecule has 0 aliphatic rings. The van der Waals surface area contributed by atoms with Crippen LogP contribution in [0.5, 0.6) is 0 Å². The van der Waals surface area contributed by atoms with Gasteiger partial charge in [-0.15, -0.1) is 0 Å². The first-order valence-corrected chi connectivity index (χ1v) is 7.16. The molecule has 116 valence electrons. The highest BCUT2D eigenvalue weighted by atomic mass is 16.5. The van der Waals surface area contributed by atoms with Gasteiger partial charge in [-0.3, -0.25) is 9.78 Å². The van der Waals surface area contributed by atoms with E-state index < -0.39 is 0 Å². The average molecular weight is 299 g/mol. The third-order valence-corrected chi connectivity index (χ3v) is 3.25. The van der Waals surface area contributed by atoms with E-state index in [0.717, 1.165) is 16.9 Å². The summed E-state index contributed by atoms with van der Waals surface area (Å²) in [6.07, 6.45) is 3.25. The molecule has 0 bridgehead atoms. The minimum absolute atomic E-state index is 0.158. The van der Waals surface area contributed by atoms with Gasteiger partial charge in [0, 0.05) is 25.5 Å². The Bertz CT molecular complexity index is 656. The van der Waals surface area contributed by atoms with E-state index in [9.17, 15) is 4.79 Å².